The molecule has 0 spiro atoms. The van der Waals surface area contributed by atoms with Crippen molar-refractivity contribution >= 4 is 34.0 Å². The molecular weight excluding hydrogens is 478 g/mol. The maximum Gasteiger partial charge on any atom is 0.201 e. The molecule has 4 aromatic rings. The number of aryl methyl sites for hydroxylation is 1. The van der Waals surface area contributed by atoms with Crippen LogP contribution in [0.15, 0.2) is 30.9 Å². The quantitative estimate of drug-likeness (QED) is 0.218. The number of nitrogens with zero attached hydrogens (tertiary/aromatic N) is 6. The molecule has 38 heavy (non-hydrogen) atoms. The normalized spacial score (nSPS) is 13.3. The first-order valence-corrected chi connectivity index (χ1v) is 13.6. The standard InChI is InChI=1S/C28H43N9O/c1-19(2)36(16-21(38-6)11-14-37-18-33-24-25(29)31-17-32-26(24)37)13-8-7-12-30-27-34-22-10-9-20(28(3,4)5)15-23(22)35-27/h9-10,15,17-19,21H,7-8,11-14,16H2,1-6H3,(H2,29,31,32)(H2,30,34,35). The highest BCUT2D eigenvalue weighted by molar-refractivity contribution is 5.81. The fraction of sp³-hybridized carbons (Fsp3) is 0.571. The lowest BCUT2D eigenvalue weighted by atomic mass is 9.87. The average molecular weight is 522 g/mol. The molecule has 4 N–H and O–H groups in total. The maximum absolute atomic E-state index is 5.92. The number of unbranched alkanes of at least 4 members (excludes halogenated alkanes) is 1. The van der Waals surface area contributed by atoms with Gasteiger partial charge in [-0.3, -0.25) is 4.90 Å². The van der Waals surface area contributed by atoms with E-state index < -0.39 is 0 Å². The van der Waals surface area contributed by atoms with Gasteiger partial charge in [-0.05, 0) is 62.8 Å². The van der Waals surface area contributed by atoms with E-state index in [0.29, 0.717) is 17.4 Å². The summed E-state index contributed by atoms with van der Waals surface area (Å²) < 4.78 is 7.87. The van der Waals surface area contributed by atoms with Crippen LogP contribution < -0.4 is 11.1 Å². The van der Waals surface area contributed by atoms with Crippen LogP contribution in [0.4, 0.5) is 11.8 Å². The highest BCUT2D eigenvalue weighted by Gasteiger charge is 2.18. The number of anilines is 2. The second-order valence-electron chi connectivity index (χ2n) is 11.3. The molecule has 0 radical (unpaired) electrons. The summed E-state index contributed by atoms with van der Waals surface area (Å²) in [5.41, 5.74) is 10.8. The van der Waals surface area contributed by atoms with E-state index in [1.807, 2.05) is 4.57 Å². The Morgan fingerprint density at radius 2 is 1.97 bits per heavy atom. The van der Waals surface area contributed by atoms with Gasteiger partial charge in [0.2, 0.25) is 5.95 Å². The van der Waals surface area contributed by atoms with Gasteiger partial charge in [0.15, 0.2) is 11.5 Å². The Labute approximate surface area is 225 Å². The third kappa shape index (κ3) is 6.79. The fourth-order valence-electron chi connectivity index (χ4n) is 4.66. The number of benzene rings is 1. The van der Waals surface area contributed by atoms with Gasteiger partial charge < -0.3 is 25.3 Å². The second-order valence-corrected chi connectivity index (χ2v) is 11.3. The summed E-state index contributed by atoms with van der Waals surface area (Å²) in [5, 5.41) is 3.46. The number of aromatic nitrogens is 6. The molecule has 0 saturated heterocycles. The van der Waals surface area contributed by atoms with E-state index in [9.17, 15) is 0 Å². The van der Waals surface area contributed by atoms with Crippen molar-refractivity contribution in [2.75, 3.05) is 37.8 Å². The number of nitrogens with one attached hydrogen (secondary N) is 2. The molecule has 1 unspecified atom stereocenters. The van der Waals surface area contributed by atoms with E-state index in [1.54, 1.807) is 13.4 Å². The number of H-pyrrole nitrogens is 1. The lowest BCUT2D eigenvalue weighted by molar-refractivity contribution is 0.0448. The van der Waals surface area contributed by atoms with Crippen LogP contribution >= 0.6 is 0 Å². The van der Waals surface area contributed by atoms with Crippen molar-refractivity contribution in [3.8, 4) is 0 Å². The van der Waals surface area contributed by atoms with Crippen molar-refractivity contribution in [3.05, 3.63) is 36.4 Å². The molecular formula is C28H43N9O. The second kappa shape index (κ2) is 12.1. The van der Waals surface area contributed by atoms with Gasteiger partial charge in [-0.15, -0.1) is 0 Å². The van der Waals surface area contributed by atoms with Crippen LogP contribution in [-0.2, 0) is 16.7 Å². The zero-order valence-electron chi connectivity index (χ0n) is 23.7. The molecule has 1 atom stereocenters. The molecule has 0 saturated carbocycles. The van der Waals surface area contributed by atoms with Gasteiger partial charge in [0.25, 0.3) is 0 Å². The summed E-state index contributed by atoms with van der Waals surface area (Å²) in [6.45, 7) is 14.7. The monoisotopic (exact) mass is 521 g/mol. The van der Waals surface area contributed by atoms with Crippen LogP contribution in [0.2, 0.25) is 0 Å². The van der Waals surface area contributed by atoms with Crippen LogP contribution in [0.5, 0.6) is 0 Å². The number of imidazole rings is 2. The van der Waals surface area contributed by atoms with Crippen LogP contribution in [-0.4, -0.2) is 73.3 Å². The lowest BCUT2D eigenvalue weighted by Crippen LogP contribution is -2.39. The molecule has 3 aromatic heterocycles. The SMILES string of the molecule is COC(CCn1cnc2c(N)ncnc21)CN(CCCCNc1nc2ccc(C(C)(C)C)cc2[nH]1)C(C)C. The summed E-state index contributed by atoms with van der Waals surface area (Å²) in [4.78, 5) is 23.4. The number of aromatic amines is 1. The Morgan fingerprint density at radius 1 is 1.16 bits per heavy atom. The Balaban J connectivity index is 1.23. The van der Waals surface area contributed by atoms with Gasteiger partial charge in [-0.1, -0.05) is 26.8 Å². The van der Waals surface area contributed by atoms with Gasteiger partial charge in [-0.2, -0.15) is 0 Å². The summed E-state index contributed by atoms with van der Waals surface area (Å²) in [6, 6.07) is 6.92. The van der Waals surface area contributed by atoms with Crippen molar-refractivity contribution in [2.45, 2.75) is 78.0 Å². The van der Waals surface area contributed by atoms with E-state index in [-0.39, 0.29) is 11.5 Å². The molecule has 0 fully saturated rings. The highest BCUT2D eigenvalue weighted by Crippen LogP contribution is 2.26. The maximum atomic E-state index is 5.92. The largest absolute Gasteiger partial charge is 0.382 e. The number of hydrogen-bond acceptors (Lipinski definition) is 8. The molecule has 0 aliphatic heterocycles. The van der Waals surface area contributed by atoms with Crippen molar-refractivity contribution < 1.29 is 4.74 Å². The minimum Gasteiger partial charge on any atom is -0.382 e. The number of nitrogens with two attached hydrogens (primary N) is 1. The van der Waals surface area contributed by atoms with E-state index in [2.05, 4.69) is 83.0 Å². The number of rotatable bonds is 13. The smallest absolute Gasteiger partial charge is 0.201 e. The first kappa shape index (κ1) is 27.8. The highest BCUT2D eigenvalue weighted by atomic mass is 16.5. The molecule has 3 heterocycles. The molecule has 4 rings (SSSR count). The molecule has 0 bridgehead atoms. The molecule has 0 amide bonds. The van der Waals surface area contributed by atoms with Gasteiger partial charge in [0.05, 0.1) is 23.5 Å². The van der Waals surface area contributed by atoms with Crippen LogP contribution in [0.25, 0.3) is 22.2 Å². The zero-order chi connectivity index (χ0) is 27.3. The molecule has 0 aliphatic rings. The molecule has 0 aliphatic carbocycles. The Bertz CT molecular complexity index is 1320. The van der Waals surface area contributed by atoms with E-state index in [4.69, 9.17) is 15.5 Å². The van der Waals surface area contributed by atoms with Crippen molar-refractivity contribution in [1.29, 1.82) is 0 Å². The van der Waals surface area contributed by atoms with Gasteiger partial charge in [0.1, 0.15) is 11.8 Å². The predicted octanol–water partition coefficient (Wildman–Crippen LogP) is 4.59. The number of fused-ring (bicyclic) bond motifs is 2. The van der Waals surface area contributed by atoms with Crippen LogP contribution in [0.1, 0.15) is 59.4 Å². The number of hydrogen-bond donors (Lipinski definition) is 3. The number of methoxy groups -OCH3 is 1. The average Bonchev–Trinajstić information content (AvgIpc) is 3.48. The molecule has 10 heteroatoms. The Hall–Kier alpha value is -3.24. The predicted molar refractivity (Wildman–Crippen MR) is 154 cm³/mol. The third-order valence-corrected chi connectivity index (χ3v) is 7.14. The van der Waals surface area contributed by atoms with E-state index in [0.717, 1.165) is 68.1 Å². The molecule has 206 valence electrons. The van der Waals surface area contributed by atoms with E-state index >= 15 is 0 Å². The summed E-state index contributed by atoms with van der Waals surface area (Å²) >= 11 is 0. The third-order valence-electron chi connectivity index (χ3n) is 7.14. The van der Waals surface area contributed by atoms with E-state index in [1.165, 1.54) is 11.9 Å². The number of ether oxygens (including phenoxy) is 1. The van der Waals surface area contributed by atoms with Crippen molar-refractivity contribution in [2.24, 2.45) is 0 Å². The summed E-state index contributed by atoms with van der Waals surface area (Å²) in [7, 11) is 1.79. The lowest BCUT2D eigenvalue weighted by Gasteiger charge is -2.30. The zero-order valence-corrected chi connectivity index (χ0v) is 23.7. The van der Waals surface area contributed by atoms with Crippen molar-refractivity contribution in [1.82, 2.24) is 34.4 Å². The number of nitrogen functional groups attached to an aromatic ring is 1. The summed E-state index contributed by atoms with van der Waals surface area (Å²) in [6.07, 6.45) is 6.39. The topological polar surface area (TPSA) is 123 Å². The van der Waals surface area contributed by atoms with Gasteiger partial charge in [0, 0.05) is 32.8 Å². The molecule has 10 nitrogen and oxygen atoms in total. The van der Waals surface area contributed by atoms with Crippen molar-refractivity contribution in [3.63, 3.8) is 0 Å². The molecule has 1 aromatic carbocycles. The van der Waals surface area contributed by atoms with Gasteiger partial charge >= 0.3 is 0 Å². The minimum absolute atomic E-state index is 0.112. The first-order chi connectivity index (χ1) is 18.2. The Kier molecular flexibility index (Phi) is 8.83. The minimum atomic E-state index is 0.112. The van der Waals surface area contributed by atoms with Gasteiger partial charge in [-0.25, -0.2) is 19.9 Å². The Morgan fingerprint density at radius 3 is 2.71 bits per heavy atom. The van der Waals surface area contributed by atoms with Crippen LogP contribution in [0, 0.1) is 0 Å². The van der Waals surface area contributed by atoms with Crippen LogP contribution in [0.3, 0.4) is 0 Å². The fourth-order valence-corrected chi connectivity index (χ4v) is 4.66. The first-order valence-electron chi connectivity index (χ1n) is 13.6. The summed E-state index contributed by atoms with van der Waals surface area (Å²) in [5.74, 6) is 1.25.